The van der Waals surface area contributed by atoms with Gasteiger partial charge in [0.15, 0.2) is 0 Å². The third-order valence-electron chi connectivity index (χ3n) is 1.79. The molecule has 0 spiro atoms. The van der Waals surface area contributed by atoms with Crippen molar-refractivity contribution in [2.45, 2.75) is 6.42 Å². The smallest absolute Gasteiger partial charge is 0.202 e. The van der Waals surface area contributed by atoms with E-state index in [9.17, 15) is 0 Å². The minimum atomic E-state index is 0.765. The van der Waals surface area contributed by atoms with Gasteiger partial charge in [0, 0.05) is 37.4 Å². The van der Waals surface area contributed by atoms with Gasteiger partial charge >= 0.3 is 0 Å². The number of nitrogens with one attached hydrogen (secondary N) is 1. The van der Waals surface area contributed by atoms with Crippen molar-refractivity contribution >= 4 is 16.7 Å². The van der Waals surface area contributed by atoms with E-state index in [1.165, 1.54) is 17.1 Å². The molecule has 0 aliphatic rings. The van der Waals surface area contributed by atoms with Crippen molar-refractivity contribution in [3.05, 3.63) is 35.9 Å². The molecule has 72 valence electrons. The average molecular weight is 206 g/mol. The molecule has 0 saturated heterocycles. The average Bonchev–Trinajstić information content (AvgIpc) is 2.67. The van der Waals surface area contributed by atoms with Crippen LogP contribution in [-0.4, -0.2) is 21.4 Å². The van der Waals surface area contributed by atoms with Gasteiger partial charge in [-0.25, -0.2) is 4.98 Å². The quantitative estimate of drug-likeness (QED) is 0.828. The Hall–Kier alpha value is -1.49. The third kappa shape index (κ3) is 2.05. The molecule has 0 amide bonds. The largest absolute Gasteiger partial charge is 0.363 e. The summed E-state index contributed by atoms with van der Waals surface area (Å²) < 4.78 is 4.23. The van der Waals surface area contributed by atoms with Gasteiger partial charge in [-0.3, -0.25) is 4.98 Å². The lowest BCUT2D eigenvalue weighted by Gasteiger charge is -1.94. The Morgan fingerprint density at radius 2 is 2.14 bits per heavy atom. The van der Waals surface area contributed by atoms with Gasteiger partial charge in [-0.05, 0) is 17.7 Å². The van der Waals surface area contributed by atoms with Crippen LogP contribution >= 0.6 is 11.5 Å². The molecule has 14 heavy (non-hydrogen) atoms. The van der Waals surface area contributed by atoms with Crippen LogP contribution in [0.1, 0.15) is 11.4 Å². The van der Waals surface area contributed by atoms with Crippen molar-refractivity contribution in [3.63, 3.8) is 0 Å². The monoisotopic (exact) mass is 206 g/mol. The first kappa shape index (κ1) is 9.08. The zero-order valence-electron chi connectivity index (χ0n) is 7.77. The molecule has 0 fully saturated rings. The van der Waals surface area contributed by atoms with E-state index < -0.39 is 0 Å². The first-order chi connectivity index (χ1) is 6.88. The zero-order valence-corrected chi connectivity index (χ0v) is 8.58. The molecule has 5 heteroatoms. The van der Waals surface area contributed by atoms with Crippen molar-refractivity contribution in [2.75, 3.05) is 12.4 Å². The summed E-state index contributed by atoms with van der Waals surface area (Å²) in [5.74, 6) is 0.852. The lowest BCUT2D eigenvalue weighted by Crippen LogP contribution is -1.92. The Balaban J connectivity index is 2.11. The van der Waals surface area contributed by atoms with E-state index in [-0.39, 0.29) is 0 Å². The van der Waals surface area contributed by atoms with Crippen LogP contribution < -0.4 is 5.32 Å². The number of hydrogen-bond donors (Lipinski definition) is 1. The summed E-state index contributed by atoms with van der Waals surface area (Å²) in [6.45, 7) is 0. The molecule has 1 N–H and O–H groups in total. The highest BCUT2D eigenvalue weighted by molar-refractivity contribution is 7.09. The standard InChI is InChI=1S/C9H10N4S/c1-10-9-12-8(13-14-9)6-7-2-4-11-5-3-7/h2-5H,6H2,1H3,(H,10,12,13). The van der Waals surface area contributed by atoms with Crippen molar-refractivity contribution < 1.29 is 0 Å². The van der Waals surface area contributed by atoms with Crippen molar-refractivity contribution in [2.24, 2.45) is 0 Å². The highest BCUT2D eigenvalue weighted by atomic mass is 32.1. The lowest BCUT2D eigenvalue weighted by atomic mass is 10.2. The fourth-order valence-corrected chi connectivity index (χ4v) is 1.65. The second-order valence-electron chi connectivity index (χ2n) is 2.80. The summed E-state index contributed by atoms with van der Waals surface area (Å²) in [5, 5.41) is 3.82. The summed E-state index contributed by atoms with van der Waals surface area (Å²) >= 11 is 1.38. The van der Waals surface area contributed by atoms with E-state index in [0.717, 1.165) is 17.4 Å². The zero-order chi connectivity index (χ0) is 9.80. The van der Waals surface area contributed by atoms with Crippen molar-refractivity contribution in [1.82, 2.24) is 14.3 Å². The van der Waals surface area contributed by atoms with Crippen LogP contribution in [0.4, 0.5) is 5.13 Å². The molecule has 2 aromatic heterocycles. The second-order valence-corrected chi connectivity index (χ2v) is 3.55. The topological polar surface area (TPSA) is 50.7 Å². The summed E-state index contributed by atoms with van der Waals surface area (Å²) in [6, 6.07) is 3.94. The fraction of sp³-hybridized carbons (Fsp3) is 0.222. The van der Waals surface area contributed by atoms with Crippen LogP contribution in [0.15, 0.2) is 24.5 Å². The number of nitrogens with zero attached hydrogens (tertiary/aromatic N) is 3. The first-order valence-electron chi connectivity index (χ1n) is 4.28. The van der Waals surface area contributed by atoms with Crippen LogP contribution in [0.25, 0.3) is 0 Å². The number of aromatic nitrogens is 3. The molecule has 0 aromatic carbocycles. The van der Waals surface area contributed by atoms with Crippen LogP contribution in [0.5, 0.6) is 0 Å². The molecule has 2 heterocycles. The Morgan fingerprint density at radius 1 is 1.36 bits per heavy atom. The number of anilines is 1. The van der Waals surface area contributed by atoms with Gasteiger partial charge in [-0.15, -0.1) is 0 Å². The van der Waals surface area contributed by atoms with Gasteiger partial charge in [0.25, 0.3) is 0 Å². The normalized spacial score (nSPS) is 10.1. The Labute approximate surface area is 86.2 Å². The van der Waals surface area contributed by atoms with Gasteiger partial charge in [-0.1, -0.05) is 0 Å². The second kappa shape index (κ2) is 4.15. The highest BCUT2D eigenvalue weighted by Crippen LogP contribution is 2.12. The Morgan fingerprint density at radius 3 is 2.79 bits per heavy atom. The van der Waals surface area contributed by atoms with E-state index in [4.69, 9.17) is 0 Å². The molecular formula is C9H10N4S. The molecule has 0 aliphatic heterocycles. The maximum absolute atomic E-state index is 4.30. The van der Waals surface area contributed by atoms with E-state index >= 15 is 0 Å². The molecule has 4 nitrogen and oxygen atoms in total. The first-order valence-corrected chi connectivity index (χ1v) is 5.05. The molecule has 0 atom stereocenters. The molecule has 0 saturated carbocycles. The Bertz CT molecular complexity index is 398. The van der Waals surface area contributed by atoms with E-state index in [1.54, 1.807) is 12.4 Å². The predicted octanol–water partition coefficient (Wildman–Crippen LogP) is 1.57. The summed E-state index contributed by atoms with van der Waals surface area (Å²) in [4.78, 5) is 8.26. The molecule has 0 radical (unpaired) electrons. The van der Waals surface area contributed by atoms with Crippen LogP contribution in [0.3, 0.4) is 0 Å². The van der Waals surface area contributed by atoms with Gasteiger partial charge in [0.05, 0.1) is 0 Å². The summed E-state index contributed by atoms with van der Waals surface area (Å²) in [5.41, 5.74) is 1.18. The Kier molecular flexibility index (Phi) is 2.69. The number of pyridine rings is 1. The molecule has 0 aliphatic carbocycles. The molecule has 2 aromatic rings. The van der Waals surface area contributed by atoms with E-state index in [2.05, 4.69) is 19.7 Å². The number of rotatable bonds is 3. The maximum atomic E-state index is 4.30. The van der Waals surface area contributed by atoms with E-state index in [1.807, 2.05) is 19.2 Å². The van der Waals surface area contributed by atoms with Gasteiger partial charge < -0.3 is 5.32 Å². The van der Waals surface area contributed by atoms with Gasteiger partial charge in [0.2, 0.25) is 5.13 Å². The molecule has 0 unspecified atom stereocenters. The summed E-state index contributed by atoms with van der Waals surface area (Å²) in [7, 11) is 1.84. The fourth-order valence-electron chi connectivity index (χ4n) is 1.11. The van der Waals surface area contributed by atoms with Crippen LogP contribution in [-0.2, 0) is 6.42 Å². The summed E-state index contributed by atoms with van der Waals surface area (Å²) in [6.07, 6.45) is 4.32. The van der Waals surface area contributed by atoms with Gasteiger partial charge in [-0.2, -0.15) is 4.37 Å². The van der Waals surface area contributed by atoms with Gasteiger partial charge in [0.1, 0.15) is 5.82 Å². The predicted molar refractivity (Wildman–Crippen MR) is 56.5 cm³/mol. The maximum Gasteiger partial charge on any atom is 0.202 e. The lowest BCUT2D eigenvalue weighted by molar-refractivity contribution is 1.03. The molecule has 0 bridgehead atoms. The van der Waals surface area contributed by atoms with Crippen LogP contribution in [0.2, 0.25) is 0 Å². The highest BCUT2D eigenvalue weighted by Gasteiger charge is 2.02. The number of hydrogen-bond acceptors (Lipinski definition) is 5. The third-order valence-corrected chi connectivity index (χ3v) is 2.56. The molecule has 2 rings (SSSR count). The van der Waals surface area contributed by atoms with E-state index in [0.29, 0.717) is 0 Å². The van der Waals surface area contributed by atoms with Crippen molar-refractivity contribution in [1.29, 1.82) is 0 Å². The SMILES string of the molecule is CNc1nc(Cc2ccncc2)ns1. The van der Waals surface area contributed by atoms with Crippen LogP contribution in [0, 0.1) is 0 Å². The molecular weight excluding hydrogens is 196 g/mol. The van der Waals surface area contributed by atoms with Crippen molar-refractivity contribution in [3.8, 4) is 0 Å². The minimum Gasteiger partial charge on any atom is -0.363 e. The minimum absolute atomic E-state index is 0.765.